The maximum absolute atomic E-state index is 12.8. The van der Waals surface area contributed by atoms with Crippen LogP contribution >= 0.6 is 0 Å². The Morgan fingerprint density at radius 3 is 2.76 bits per heavy atom. The first-order valence-corrected chi connectivity index (χ1v) is 9.32. The molecular formula is C21H20N4O4. The Bertz CT molecular complexity index is 1190. The number of azo groups is 1. The van der Waals surface area contributed by atoms with E-state index in [0.717, 1.165) is 24.9 Å². The van der Waals surface area contributed by atoms with Gasteiger partial charge >= 0.3 is 5.97 Å². The van der Waals surface area contributed by atoms with Crippen LogP contribution in [0.1, 0.15) is 28.8 Å². The van der Waals surface area contributed by atoms with E-state index in [1.807, 2.05) is 18.2 Å². The number of aryl methyl sites for hydroxylation is 3. The summed E-state index contributed by atoms with van der Waals surface area (Å²) in [6, 6.07) is 10.6. The fourth-order valence-corrected chi connectivity index (χ4v) is 3.60. The molecule has 0 saturated heterocycles. The van der Waals surface area contributed by atoms with Gasteiger partial charge in [0, 0.05) is 5.56 Å². The number of phenolic OH excluding ortho intramolecular Hbond substituents is 1. The molecule has 1 heterocycles. The van der Waals surface area contributed by atoms with Gasteiger partial charge in [-0.25, -0.2) is 4.68 Å². The van der Waals surface area contributed by atoms with Crippen molar-refractivity contribution < 1.29 is 15.0 Å². The Morgan fingerprint density at radius 1 is 1.17 bits per heavy atom. The highest BCUT2D eigenvalue weighted by molar-refractivity contribution is 5.73. The third-order valence-electron chi connectivity index (χ3n) is 5.08. The van der Waals surface area contributed by atoms with E-state index in [-0.39, 0.29) is 34.7 Å². The van der Waals surface area contributed by atoms with Crippen molar-refractivity contribution in [2.24, 2.45) is 10.2 Å². The zero-order valence-electron chi connectivity index (χ0n) is 15.8. The number of carbonyl (C=O) groups is 1. The van der Waals surface area contributed by atoms with Crippen LogP contribution in [0.4, 0.5) is 11.4 Å². The van der Waals surface area contributed by atoms with E-state index in [9.17, 15) is 14.7 Å². The zero-order chi connectivity index (χ0) is 20.5. The number of aromatic nitrogens is 2. The van der Waals surface area contributed by atoms with Crippen molar-refractivity contribution in [3.63, 3.8) is 0 Å². The van der Waals surface area contributed by atoms with Crippen LogP contribution in [0.3, 0.4) is 0 Å². The van der Waals surface area contributed by atoms with Crippen molar-refractivity contribution >= 4 is 17.3 Å². The summed E-state index contributed by atoms with van der Waals surface area (Å²) in [5.41, 5.74) is 3.99. The smallest absolute Gasteiger partial charge is 0.307 e. The Morgan fingerprint density at radius 2 is 1.97 bits per heavy atom. The molecule has 3 aromatic rings. The number of rotatable bonds is 5. The first kappa shape index (κ1) is 18.7. The monoisotopic (exact) mass is 392 g/mol. The predicted molar refractivity (Wildman–Crippen MR) is 107 cm³/mol. The highest BCUT2D eigenvalue weighted by Crippen LogP contribution is 2.32. The van der Waals surface area contributed by atoms with E-state index >= 15 is 0 Å². The van der Waals surface area contributed by atoms with Crippen molar-refractivity contribution in [3.8, 4) is 11.4 Å². The lowest BCUT2D eigenvalue weighted by Gasteiger charge is -2.05. The van der Waals surface area contributed by atoms with Gasteiger partial charge in [0.15, 0.2) is 5.69 Å². The molecule has 0 fully saturated rings. The third-order valence-corrected chi connectivity index (χ3v) is 5.08. The van der Waals surface area contributed by atoms with Crippen molar-refractivity contribution in [3.05, 3.63) is 69.1 Å². The van der Waals surface area contributed by atoms with E-state index < -0.39 is 5.97 Å². The van der Waals surface area contributed by atoms with E-state index in [4.69, 9.17) is 5.11 Å². The summed E-state index contributed by atoms with van der Waals surface area (Å²) in [7, 11) is 0. The van der Waals surface area contributed by atoms with Gasteiger partial charge in [-0.05, 0) is 55.5 Å². The lowest BCUT2D eigenvalue weighted by atomic mass is 10.1. The van der Waals surface area contributed by atoms with Crippen LogP contribution in [-0.2, 0) is 24.1 Å². The molecule has 1 aliphatic carbocycles. The summed E-state index contributed by atoms with van der Waals surface area (Å²) in [6.45, 7) is 1.72. The summed E-state index contributed by atoms with van der Waals surface area (Å²) in [6.07, 6.45) is 2.87. The average molecular weight is 392 g/mol. The summed E-state index contributed by atoms with van der Waals surface area (Å²) >= 11 is 0. The standard InChI is InChI=1S/C21H20N4O4/c1-12-19(23-22-17-7-3-6-15(20(17)28)11-18(26)27)21(29)25(24-12)16-9-8-13-4-2-5-14(13)10-16/h3,6-10,24,28H,2,4-5,11H2,1H3,(H,26,27). The molecule has 0 saturated carbocycles. The minimum atomic E-state index is -1.06. The molecule has 29 heavy (non-hydrogen) atoms. The number of nitrogens with one attached hydrogen (secondary N) is 1. The summed E-state index contributed by atoms with van der Waals surface area (Å²) < 4.78 is 1.43. The minimum Gasteiger partial charge on any atom is -0.505 e. The van der Waals surface area contributed by atoms with Crippen molar-refractivity contribution in [2.45, 2.75) is 32.6 Å². The normalized spacial score (nSPS) is 13.1. The summed E-state index contributed by atoms with van der Waals surface area (Å²) in [5, 5.41) is 30.2. The largest absolute Gasteiger partial charge is 0.505 e. The van der Waals surface area contributed by atoms with Crippen LogP contribution in [0.15, 0.2) is 51.4 Å². The van der Waals surface area contributed by atoms with Gasteiger partial charge in [-0.1, -0.05) is 18.2 Å². The van der Waals surface area contributed by atoms with Gasteiger partial charge in [-0.3, -0.25) is 14.7 Å². The molecule has 4 rings (SSSR count). The third kappa shape index (κ3) is 3.56. The molecule has 0 atom stereocenters. The maximum atomic E-state index is 12.8. The van der Waals surface area contributed by atoms with Gasteiger partial charge in [0.05, 0.1) is 17.8 Å². The predicted octanol–water partition coefficient (Wildman–Crippen LogP) is 3.71. The number of carboxylic acids is 1. The molecule has 148 valence electrons. The second kappa shape index (κ2) is 7.38. The number of hydrogen-bond acceptors (Lipinski definition) is 5. The molecule has 0 unspecified atom stereocenters. The number of fused-ring (bicyclic) bond motifs is 1. The number of benzene rings is 2. The second-order valence-corrected chi connectivity index (χ2v) is 7.09. The molecule has 3 N–H and O–H groups in total. The quantitative estimate of drug-likeness (QED) is 0.573. The van der Waals surface area contributed by atoms with Crippen LogP contribution in [0.5, 0.6) is 5.75 Å². The molecule has 8 heteroatoms. The number of para-hydroxylation sites is 1. The SMILES string of the molecule is Cc1[nH]n(-c2ccc3c(c2)CCC3)c(=O)c1N=Nc1cccc(CC(=O)O)c1O. The van der Waals surface area contributed by atoms with E-state index in [1.54, 1.807) is 13.0 Å². The zero-order valence-corrected chi connectivity index (χ0v) is 15.8. The molecule has 1 aromatic heterocycles. The van der Waals surface area contributed by atoms with Crippen LogP contribution in [0.25, 0.3) is 5.69 Å². The number of phenols is 1. The fraction of sp³-hybridized carbons (Fsp3) is 0.238. The Kier molecular flexibility index (Phi) is 4.75. The van der Waals surface area contributed by atoms with Gasteiger partial charge in [0.1, 0.15) is 11.4 Å². The van der Waals surface area contributed by atoms with E-state index in [0.29, 0.717) is 5.69 Å². The van der Waals surface area contributed by atoms with Gasteiger partial charge in [-0.2, -0.15) is 0 Å². The molecule has 0 spiro atoms. The number of hydrogen-bond donors (Lipinski definition) is 3. The van der Waals surface area contributed by atoms with Gasteiger partial charge < -0.3 is 10.2 Å². The molecule has 1 aliphatic rings. The second-order valence-electron chi connectivity index (χ2n) is 7.09. The highest BCUT2D eigenvalue weighted by Gasteiger charge is 2.16. The van der Waals surface area contributed by atoms with Crippen molar-refractivity contribution in [1.29, 1.82) is 0 Å². The first-order chi connectivity index (χ1) is 13.9. The number of nitrogens with zero attached hydrogens (tertiary/aromatic N) is 3. The highest BCUT2D eigenvalue weighted by atomic mass is 16.4. The Labute approximate surface area is 166 Å². The summed E-state index contributed by atoms with van der Waals surface area (Å²) in [4.78, 5) is 23.7. The van der Waals surface area contributed by atoms with Crippen LogP contribution in [-0.4, -0.2) is 26.0 Å². The fourth-order valence-electron chi connectivity index (χ4n) is 3.60. The molecular weight excluding hydrogens is 372 g/mol. The lowest BCUT2D eigenvalue weighted by Crippen LogP contribution is -2.14. The van der Waals surface area contributed by atoms with Crippen LogP contribution < -0.4 is 5.56 Å². The molecule has 0 radical (unpaired) electrons. The number of aliphatic carboxylic acids is 1. The average Bonchev–Trinajstić information content (AvgIpc) is 3.26. The topological polar surface area (TPSA) is 120 Å². The summed E-state index contributed by atoms with van der Waals surface area (Å²) in [5.74, 6) is -1.32. The van der Waals surface area contributed by atoms with E-state index in [1.165, 1.54) is 27.9 Å². The minimum absolute atomic E-state index is 0.104. The van der Waals surface area contributed by atoms with Crippen molar-refractivity contribution in [2.75, 3.05) is 0 Å². The molecule has 8 nitrogen and oxygen atoms in total. The molecule has 0 bridgehead atoms. The van der Waals surface area contributed by atoms with Crippen LogP contribution in [0, 0.1) is 6.92 Å². The van der Waals surface area contributed by atoms with Crippen molar-refractivity contribution in [1.82, 2.24) is 9.78 Å². The molecule has 2 aromatic carbocycles. The maximum Gasteiger partial charge on any atom is 0.307 e. The van der Waals surface area contributed by atoms with E-state index in [2.05, 4.69) is 15.3 Å². The lowest BCUT2D eigenvalue weighted by molar-refractivity contribution is -0.136. The Hall–Kier alpha value is -3.68. The van der Waals surface area contributed by atoms with Crippen LogP contribution in [0.2, 0.25) is 0 Å². The first-order valence-electron chi connectivity index (χ1n) is 9.32. The van der Waals surface area contributed by atoms with Gasteiger partial charge in [0.2, 0.25) is 0 Å². The molecule has 0 aliphatic heterocycles. The number of H-pyrrole nitrogens is 1. The molecule has 0 amide bonds. The van der Waals surface area contributed by atoms with Gasteiger partial charge in [0.25, 0.3) is 5.56 Å². The number of aromatic amines is 1. The van der Waals surface area contributed by atoms with Gasteiger partial charge in [-0.15, -0.1) is 10.2 Å². The number of carboxylic acid groups (broad SMARTS) is 1. The Balaban J connectivity index is 1.67. The number of aromatic hydroxyl groups is 1.